The number of fused-ring (bicyclic) bond motifs is 2. The predicted molar refractivity (Wildman–Crippen MR) is 193 cm³/mol. The van der Waals surface area contributed by atoms with Gasteiger partial charge >= 0.3 is 0 Å². The predicted octanol–water partition coefficient (Wildman–Crippen LogP) is 10.9. The Balaban J connectivity index is 1.38. The Kier molecular flexibility index (Phi) is 7.25. The first-order chi connectivity index (χ1) is 22.2. The van der Waals surface area contributed by atoms with Crippen LogP contribution in [0.5, 0.6) is 0 Å². The molecule has 0 unspecified atom stereocenters. The van der Waals surface area contributed by atoms with Crippen molar-refractivity contribution in [2.24, 2.45) is 0 Å². The Hall–Kier alpha value is -5.54. The molecule has 0 saturated heterocycles. The molecule has 6 aromatic carbocycles. The first-order valence-electron chi connectivity index (χ1n) is 15.8. The van der Waals surface area contributed by atoms with E-state index in [-0.39, 0.29) is 5.41 Å². The van der Waals surface area contributed by atoms with Gasteiger partial charge in [0, 0.05) is 38.9 Å². The highest BCUT2D eigenvalue weighted by molar-refractivity contribution is 6.21. The topological polar surface area (TPSA) is 50.9 Å². The Morgan fingerprint density at radius 3 is 1.39 bits per heavy atom. The molecule has 0 fully saturated rings. The molecule has 0 amide bonds. The van der Waals surface area contributed by atoms with E-state index in [1.165, 1.54) is 22.5 Å². The van der Waals surface area contributed by atoms with Crippen LogP contribution in [0, 0.1) is 24.7 Å². The number of para-hydroxylation sites is 2. The van der Waals surface area contributed by atoms with Crippen molar-refractivity contribution in [1.29, 1.82) is 10.8 Å². The van der Waals surface area contributed by atoms with E-state index in [2.05, 4.69) is 105 Å². The molecular weight excluding hydrogens is 558 g/mol. The Bertz CT molecular complexity index is 1980. The summed E-state index contributed by atoms with van der Waals surface area (Å²) in [6.45, 7) is 8.72. The van der Waals surface area contributed by atoms with Crippen molar-refractivity contribution in [3.8, 4) is 11.1 Å². The third-order valence-electron chi connectivity index (χ3n) is 9.33. The van der Waals surface area contributed by atoms with Gasteiger partial charge in [0.1, 0.15) is 0 Å². The fraction of sp³-hybridized carbons (Fsp3) is 0.116. The summed E-state index contributed by atoms with van der Waals surface area (Å²) in [4.78, 5) is 2.36. The minimum Gasteiger partial charge on any atom is -0.310 e. The molecule has 1 aliphatic rings. The average Bonchev–Trinajstić information content (AvgIpc) is 3.08. The van der Waals surface area contributed by atoms with Crippen LogP contribution in [0.1, 0.15) is 58.4 Å². The van der Waals surface area contributed by atoms with E-state index in [4.69, 9.17) is 0 Å². The number of rotatable bonds is 6. The van der Waals surface area contributed by atoms with Gasteiger partial charge in [0.25, 0.3) is 0 Å². The number of anilines is 3. The van der Waals surface area contributed by atoms with E-state index in [1.807, 2.05) is 66.7 Å². The van der Waals surface area contributed by atoms with Crippen molar-refractivity contribution in [1.82, 2.24) is 0 Å². The molecule has 224 valence electrons. The zero-order chi connectivity index (χ0) is 32.0. The highest BCUT2D eigenvalue weighted by atomic mass is 15.2. The van der Waals surface area contributed by atoms with Crippen LogP contribution in [0.25, 0.3) is 11.1 Å². The van der Waals surface area contributed by atoms with Crippen molar-refractivity contribution in [2.75, 3.05) is 4.90 Å². The number of benzene rings is 6. The molecular formula is C43H37N3. The average molecular weight is 596 g/mol. The van der Waals surface area contributed by atoms with Gasteiger partial charge in [-0.15, -0.1) is 0 Å². The van der Waals surface area contributed by atoms with E-state index in [0.29, 0.717) is 11.4 Å². The molecule has 0 spiro atoms. The summed E-state index contributed by atoms with van der Waals surface area (Å²) in [7, 11) is 0. The molecule has 6 aromatic rings. The minimum absolute atomic E-state index is 0.121. The number of hydrogen-bond acceptors (Lipinski definition) is 3. The zero-order valence-corrected chi connectivity index (χ0v) is 26.7. The molecule has 1 aliphatic heterocycles. The van der Waals surface area contributed by atoms with Gasteiger partial charge in [-0.3, -0.25) is 10.8 Å². The highest BCUT2D eigenvalue weighted by Gasteiger charge is 2.36. The standard InChI is InChI=1S/C43H37N3/c1-28-16-20-31(21-17-28)41(44)34-10-9-11-35(42(45)32-22-18-29(2)19-23-32)40(34)30-24-26-33(27-25-30)46-38-14-7-5-12-36(38)43(3,4)37-13-6-8-15-39(37)46/h5-27,44-45H,1-4H3. The second-order valence-corrected chi connectivity index (χ2v) is 12.8. The largest absolute Gasteiger partial charge is 0.310 e. The highest BCUT2D eigenvalue weighted by Crippen LogP contribution is 2.51. The molecule has 1 heterocycles. The lowest BCUT2D eigenvalue weighted by atomic mass is 9.73. The number of nitrogens with zero attached hydrogens (tertiary/aromatic N) is 1. The monoisotopic (exact) mass is 595 g/mol. The van der Waals surface area contributed by atoms with Gasteiger partial charge in [0.05, 0.1) is 22.8 Å². The van der Waals surface area contributed by atoms with Crippen LogP contribution in [0.3, 0.4) is 0 Å². The van der Waals surface area contributed by atoms with Crippen molar-refractivity contribution in [3.05, 3.63) is 184 Å². The van der Waals surface area contributed by atoms with Gasteiger partial charge in [0.2, 0.25) is 0 Å². The SMILES string of the molecule is Cc1ccc(C(=N)c2cccc(C(=N)c3ccc(C)cc3)c2-c2ccc(N3c4ccccc4C(C)(C)c4ccccc43)cc2)cc1. The third kappa shape index (κ3) is 4.95. The van der Waals surface area contributed by atoms with E-state index in [0.717, 1.165) is 50.2 Å². The van der Waals surface area contributed by atoms with Crippen LogP contribution < -0.4 is 4.90 Å². The summed E-state index contributed by atoms with van der Waals surface area (Å²) in [5.74, 6) is 0. The summed E-state index contributed by atoms with van der Waals surface area (Å²) in [6.07, 6.45) is 0. The van der Waals surface area contributed by atoms with Crippen LogP contribution >= 0.6 is 0 Å². The van der Waals surface area contributed by atoms with E-state index >= 15 is 0 Å². The normalized spacial score (nSPS) is 13.1. The van der Waals surface area contributed by atoms with Crippen molar-refractivity contribution in [2.45, 2.75) is 33.1 Å². The second kappa shape index (κ2) is 11.4. The molecule has 0 aliphatic carbocycles. The van der Waals surface area contributed by atoms with E-state index in [9.17, 15) is 10.8 Å². The maximum absolute atomic E-state index is 9.33. The number of aryl methyl sites for hydroxylation is 2. The van der Waals surface area contributed by atoms with Gasteiger partial charge < -0.3 is 4.90 Å². The van der Waals surface area contributed by atoms with E-state index in [1.54, 1.807) is 0 Å². The third-order valence-corrected chi connectivity index (χ3v) is 9.33. The Labute approximate surface area is 271 Å². The smallest absolute Gasteiger partial charge is 0.0691 e. The molecule has 0 radical (unpaired) electrons. The first kappa shape index (κ1) is 29.2. The van der Waals surface area contributed by atoms with Crippen LogP contribution in [-0.2, 0) is 5.41 Å². The van der Waals surface area contributed by atoms with Gasteiger partial charge in [-0.1, -0.05) is 140 Å². The summed E-state index contributed by atoms with van der Waals surface area (Å²) in [6, 6.07) is 48.2. The van der Waals surface area contributed by atoms with Crippen LogP contribution in [0.2, 0.25) is 0 Å². The molecule has 2 N–H and O–H groups in total. The zero-order valence-electron chi connectivity index (χ0n) is 26.7. The van der Waals surface area contributed by atoms with Gasteiger partial charge in [-0.2, -0.15) is 0 Å². The summed E-state index contributed by atoms with van der Waals surface area (Å²) in [5.41, 5.74) is 14.3. The lowest BCUT2D eigenvalue weighted by Crippen LogP contribution is -2.30. The van der Waals surface area contributed by atoms with Crippen LogP contribution in [0.4, 0.5) is 17.1 Å². The van der Waals surface area contributed by atoms with Crippen molar-refractivity contribution < 1.29 is 0 Å². The Morgan fingerprint density at radius 2 is 0.935 bits per heavy atom. The summed E-state index contributed by atoms with van der Waals surface area (Å²) < 4.78 is 0. The second-order valence-electron chi connectivity index (χ2n) is 12.8. The van der Waals surface area contributed by atoms with Gasteiger partial charge in [0.15, 0.2) is 0 Å². The molecule has 0 atom stereocenters. The summed E-state index contributed by atoms with van der Waals surface area (Å²) >= 11 is 0. The Morgan fingerprint density at radius 1 is 0.500 bits per heavy atom. The fourth-order valence-electron chi connectivity index (χ4n) is 6.76. The van der Waals surface area contributed by atoms with Gasteiger partial charge in [-0.25, -0.2) is 0 Å². The molecule has 46 heavy (non-hydrogen) atoms. The van der Waals surface area contributed by atoms with Crippen molar-refractivity contribution in [3.63, 3.8) is 0 Å². The lowest BCUT2D eigenvalue weighted by Gasteiger charge is -2.42. The fourth-order valence-corrected chi connectivity index (χ4v) is 6.76. The molecule has 0 saturated carbocycles. The number of hydrogen-bond donors (Lipinski definition) is 2. The molecule has 3 heteroatoms. The molecule has 0 bridgehead atoms. The lowest BCUT2D eigenvalue weighted by molar-refractivity contribution is 0.632. The maximum Gasteiger partial charge on any atom is 0.0691 e. The first-order valence-corrected chi connectivity index (χ1v) is 15.8. The summed E-state index contributed by atoms with van der Waals surface area (Å²) in [5, 5.41) is 18.7. The molecule has 3 nitrogen and oxygen atoms in total. The number of nitrogens with one attached hydrogen (secondary N) is 2. The van der Waals surface area contributed by atoms with Crippen LogP contribution in [0.15, 0.2) is 140 Å². The molecule has 0 aromatic heterocycles. The van der Waals surface area contributed by atoms with E-state index < -0.39 is 0 Å². The minimum atomic E-state index is -0.121. The van der Waals surface area contributed by atoms with Crippen molar-refractivity contribution >= 4 is 28.5 Å². The van der Waals surface area contributed by atoms with Gasteiger partial charge in [-0.05, 0) is 54.8 Å². The van der Waals surface area contributed by atoms with Crippen LogP contribution in [-0.4, -0.2) is 11.4 Å². The molecule has 7 rings (SSSR count). The quantitative estimate of drug-likeness (QED) is 0.185. The maximum atomic E-state index is 9.33.